The van der Waals surface area contributed by atoms with Crippen LogP contribution >= 0.6 is 0 Å². The maximum atomic E-state index is 13.4. The van der Waals surface area contributed by atoms with Crippen molar-refractivity contribution < 1.29 is 22.6 Å². The zero-order chi connectivity index (χ0) is 18.2. The van der Waals surface area contributed by atoms with Gasteiger partial charge in [-0.2, -0.15) is 18.3 Å². The lowest BCUT2D eigenvalue weighted by atomic mass is 10.1. The summed E-state index contributed by atoms with van der Waals surface area (Å²) in [5.41, 5.74) is 0.357. The van der Waals surface area contributed by atoms with Gasteiger partial charge in [-0.25, -0.2) is 10.1 Å². The number of imidazole rings is 1. The third kappa shape index (κ3) is 2.95. The van der Waals surface area contributed by atoms with Gasteiger partial charge in [0.2, 0.25) is 5.82 Å². The molecule has 0 atom stereocenters. The van der Waals surface area contributed by atoms with Crippen molar-refractivity contribution in [2.75, 3.05) is 14.2 Å². The summed E-state index contributed by atoms with van der Waals surface area (Å²) < 4.78 is 51.1. The first-order chi connectivity index (χ1) is 11.9. The van der Waals surface area contributed by atoms with Gasteiger partial charge < -0.3 is 9.47 Å². The first kappa shape index (κ1) is 17.0. The van der Waals surface area contributed by atoms with Crippen LogP contribution in [-0.2, 0) is 17.6 Å². The smallest absolute Gasteiger partial charge is 0.449 e. The molecular weight excluding hydrogens is 341 g/mol. The van der Waals surface area contributed by atoms with Gasteiger partial charge in [0, 0.05) is 18.7 Å². The molecule has 2 heterocycles. The second-order valence-electron chi connectivity index (χ2n) is 5.10. The molecule has 2 aromatic heterocycles. The molecule has 7 nitrogen and oxygen atoms in total. The molecule has 3 rings (SSSR count). The van der Waals surface area contributed by atoms with E-state index in [-0.39, 0.29) is 29.2 Å². The molecule has 25 heavy (non-hydrogen) atoms. The van der Waals surface area contributed by atoms with Gasteiger partial charge in [0.1, 0.15) is 23.5 Å². The Labute approximate surface area is 139 Å². The van der Waals surface area contributed by atoms with Crippen molar-refractivity contribution in [2.24, 2.45) is 0 Å². The molecular formula is C15H13F3N4O3. The van der Waals surface area contributed by atoms with E-state index < -0.39 is 17.6 Å². The van der Waals surface area contributed by atoms with E-state index in [0.717, 1.165) is 4.57 Å². The number of methoxy groups -OCH3 is 2. The Kier molecular flexibility index (Phi) is 4.21. The number of alkyl halides is 3. The number of rotatable bonds is 4. The van der Waals surface area contributed by atoms with Crippen LogP contribution in [0.25, 0.3) is 22.3 Å². The molecule has 0 saturated heterocycles. The molecule has 1 aromatic carbocycles. The van der Waals surface area contributed by atoms with Crippen molar-refractivity contribution in [3.05, 3.63) is 40.4 Å². The van der Waals surface area contributed by atoms with Crippen molar-refractivity contribution >= 4 is 11.0 Å². The fourth-order valence-electron chi connectivity index (χ4n) is 2.54. The standard InChI is InChI=1S/C15H13F3N4O3/c1-24-7-22-13-10(25-2)5-3-8(9-4-6-11(23)21-20-9)12(13)19-14(22)15(16,17)18/h3-6H,7H2,1-2H3,(H,21,23). The van der Waals surface area contributed by atoms with Crippen molar-refractivity contribution in [3.63, 3.8) is 0 Å². The number of hydrogen-bond donors (Lipinski definition) is 1. The summed E-state index contributed by atoms with van der Waals surface area (Å²) in [7, 11) is 2.63. The van der Waals surface area contributed by atoms with Crippen LogP contribution < -0.4 is 10.3 Å². The molecule has 132 valence electrons. The second-order valence-corrected chi connectivity index (χ2v) is 5.10. The van der Waals surface area contributed by atoms with Crippen molar-refractivity contribution in [3.8, 4) is 17.0 Å². The Morgan fingerprint density at radius 1 is 1.20 bits per heavy atom. The molecule has 0 aliphatic heterocycles. The maximum Gasteiger partial charge on any atom is 0.449 e. The predicted octanol–water partition coefficient (Wildman–Crippen LogP) is 2.42. The third-order valence-electron chi connectivity index (χ3n) is 3.54. The van der Waals surface area contributed by atoms with E-state index in [2.05, 4.69) is 15.2 Å². The minimum Gasteiger partial charge on any atom is -0.494 e. The molecule has 0 bridgehead atoms. The minimum atomic E-state index is -4.68. The summed E-state index contributed by atoms with van der Waals surface area (Å²) >= 11 is 0. The Bertz CT molecular complexity index is 958. The number of aromatic amines is 1. The van der Waals surface area contributed by atoms with Crippen LogP contribution in [0.1, 0.15) is 5.82 Å². The summed E-state index contributed by atoms with van der Waals surface area (Å²) in [6, 6.07) is 5.68. The van der Waals surface area contributed by atoms with Crippen LogP contribution in [0.2, 0.25) is 0 Å². The van der Waals surface area contributed by atoms with Gasteiger partial charge in [0.15, 0.2) is 0 Å². The van der Waals surface area contributed by atoms with Crippen molar-refractivity contribution in [2.45, 2.75) is 12.9 Å². The van der Waals surface area contributed by atoms with E-state index >= 15 is 0 Å². The van der Waals surface area contributed by atoms with Gasteiger partial charge in [0.05, 0.1) is 12.8 Å². The highest BCUT2D eigenvalue weighted by atomic mass is 19.4. The highest BCUT2D eigenvalue weighted by molar-refractivity contribution is 5.95. The topological polar surface area (TPSA) is 82.0 Å². The summed E-state index contributed by atoms with van der Waals surface area (Å²) in [5.74, 6) is -0.900. The molecule has 0 unspecified atom stereocenters. The SMILES string of the molecule is COCn1c(C(F)(F)F)nc2c(-c3ccc(=O)[nH]n3)ccc(OC)c21. The van der Waals surface area contributed by atoms with Gasteiger partial charge in [0.25, 0.3) is 5.56 Å². The largest absolute Gasteiger partial charge is 0.494 e. The van der Waals surface area contributed by atoms with Crippen molar-refractivity contribution in [1.29, 1.82) is 0 Å². The Morgan fingerprint density at radius 3 is 2.52 bits per heavy atom. The highest BCUT2D eigenvalue weighted by Gasteiger charge is 2.38. The normalized spacial score (nSPS) is 11.9. The Morgan fingerprint density at radius 2 is 1.96 bits per heavy atom. The summed E-state index contributed by atoms with van der Waals surface area (Å²) in [6.45, 7) is -0.357. The first-order valence-electron chi connectivity index (χ1n) is 7.06. The van der Waals surface area contributed by atoms with Gasteiger partial charge in [-0.1, -0.05) is 0 Å². The summed E-state index contributed by atoms with van der Waals surface area (Å²) in [5, 5.41) is 6.11. The number of ether oxygens (including phenoxy) is 2. The number of nitrogens with zero attached hydrogens (tertiary/aromatic N) is 3. The highest BCUT2D eigenvalue weighted by Crippen LogP contribution is 2.38. The second kappa shape index (κ2) is 6.20. The molecule has 0 fully saturated rings. The maximum absolute atomic E-state index is 13.4. The number of fused-ring (bicyclic) bond motifs is 1. The molecule has 0 amide bonds. The van der Waals surface area contributed by atoms with Gasteiger partial charge >= 0.3 is 6.18 Å². The Balaban J connectivity index is 2.38. The Hall–Kier alpha value is -2.88. The fourth-order valence-corrected chi connectivity index (χ4v) is 2.54. The monoisotopic (exact) mass is 354 g/mol. The number of hydrogen-bond acceptors (Lipinski definition) is 5. The van der Waals surface area contributed by atoms with Gasteiger partial charge in [-0.05, 0) is 18.2 Å². The third-order valence-corrected chi connectivity index (χ3v) is 3.54. The first-order valence-corrected chi connectivity index (χ1v) is 7.06. The molecule has 0 saturated carbocycles. The molecule has 3 aromatic rings. The van der Waals surface area contributed by atoms with Crippen LogP contribution in [0.5, 0.6) is 5.75 Å². The van der Waals surface area contributed by atoms with E-state index in [0.29, 0.717) is 5.56 Å². The summed E-state index contributed by atoms with van der Waals surface area (Å²) in [4.78, 5) is 14.9. The van der Waals surface area contributed by atoms with E-state index in [1.54, 1.807) is 0 Å². The van der Waals surface area contributed by atoms with Crippen LogP contribution in [0, 0.1) is 0 Å². The average Bonchev–Trinajstić information content (AvgIpc) is 2.95. The predicted molar refractivity (Wildman–Crippen MR) is 82.1 cm³/mol. The van der Waals surface area contributed by atoms with E-state index in [4.69, 9.17) is 9.47 Å². The minimum absolute atomic E-state index is 0.0447. The van der Waals surface area contributed by atoms with Crippen LogP contribution in [0.15, 0.2) is 29.1 Å². The summed E-state index contributed by atoms with van der Waals surface area (Å²) in [6.07, 6.45) is -4.68. The molecule has 0 aliphatic rings. The number of halogens is 3. The zero-order valence-corrected chi connectivity index (χ0v) is 13.2. The number of benzene rings is 1. The van der Waals surface area contributed by atoms with Gasteiger partial charge in [-0.15, -0.1) is 0 Å². The lowest BCUT2D eigenvalue weighted by Gasteiger charge is -2.12. The van der Waals surface area contributed by atoms with E-state index in [1.807, 2.05) is 0 Å². The average molecular weight is 354 g/mol. The molecule has 0 spiro atoms. The van der Waals surface area contributed by atoms with Gasteiger partial charge in [-0.3, -0.25) is 9.36 Å². The van der Waals surface area contributed by atoms with E-state index in [9.17, 15) is 18.0 Å². The van der Waals surface area contributed by atoms with Crippen LogP contribution in [-0.4, -0.2) is 34.0 Å². The quantitative estimate of drug-likeness (QED) is 0.778. The molecule has 0 aliphatic carbocycles. The molecule has 1 N–H and O–H groups in total. The number of nitrogens with one attached hydrogen (secondary N) is 1. The lowest BCUT2D eigenvalue weighted by molar-refractivity contribution is -0.148. The van der Waals surface area contributed by atoms with Crippen LogP contribution in [0.3, 0.4) is 0 Å². The molecule has 10 heteroatoms. The number of H-pyrrole nitrogens is 1. The number of aromatic nitrogens is 4. The van der Waals surface area contributed by atoms with E-state index in [1.165, 1.54) is 38.5 Å². The lowest BCUT2D eigenvalue weighted by Crippen LogP contribution is -2.15. The van der Waals surface area contributed by atoms with Crippen LogP contribution in [0.4, 0.5) is 13.2 Å². The molecule has 0 radical (unpaired) electrons. The zero-order valence-electron chi connectivity index (χ0n) is 13.2. The fraction of sp³-hybridized carbons (Fsp3) is 0.267. The van der Waals surface area contributed by atoms with Crippen molar-refractivity contribution in [1.82, 2.24) is 19.7 Å².